The fourth-order valence-corrected chi connectivity index (χ4v) is 1.31. The van der Waals surface area contributed by atoms with Gasteiger partial charge in [-0.15, -0.1) is 0 Å². The first-order valence-corrected chi connectivity index (χ1v) is 4.52. The van der Waals surface area contributed by atoms with E-state index in [1.54, 1.807) is 18.2 Å². The SMILES string of the molecule is NCC=Cc1cc(Cl)c(N)cc1Cl. The minimum Gasteiger partial charge on any atom is -0.397 e. The normalized spacial score (nSPS) is 11.0. The van der Waals surface area contributed by atoms with Crippen LogP contribution in [0, 0.1) is 0 Å². The van der Waals surface area contributed by atoms with E-state index in [2.05, 4.69) is 0 Å². The topological polar surface area (TPSA) is 52.0 Å². The summed E-state index contributed by atoms with van der Waals surface area (Å²) in [5.74, 6) is 0. The van der Waals surface area contributed by atoms with Gasteiger partial charge in [0.05, 0.1) is 10.7 Å². The Balaban J connectivity index is 3.08. The van der Waals surface area contributed by atoms with Crippen LogP contribution in [0.1, 0.15) is 5.56 Å². The Kier molecular flexibility index (Phi) is 3.60. The Morgan fingerprint density at radius 2 is 1.92 bits per heavy atom. The van der Waals surface area contributed by atoms with Gasteiger partial charge < -0.3 is 11.5 Å². The monoisotopic (exact) mass is 216 g/mol. The molecule has 0 heterocycles. The van der Waals surface area contributed by atoms with Crippen LogP contribution >= 0.6 is 23.2 Å². The average Bonchev–Trinajstić information content (AvgIpc) is 2.09. The number of hydrogen-bond donors (Lipinski definition) is 2. The molecule has 0 aliphatic heterocycles. The quantitative estimate of drug-likeness (QED) is 0.748. The van der Waals surface area contributed by atoms with Crippen LogP contribution in [0.15, 0.2) is 18.2 Å². The maximum absolute atomic E-state index is 5.91. The number of benzene rings is 1. The summed E-state index contributed by atoms with van der Waals surface area (Å²) in [4.78, 5) is 0. The van der Waals surface area contributed by atoms with E-state index in [9.17, 15) is 0 Å². The maximum Gasteiger partial charge on any atom is 0.0642 e. The summed E-state index contributed by atoms with van der Waals surface area (Å²) in [6.45, 7) is 0.471. The third kappa shape index (κ3) is 2.62. The predicted molar refractivity (Wildman–Crippen MR) is 59.0 cm³/mol. The van der Waals surface area contributed by atoms with Crippen LogP contribution in [-0.4, -0.2) is 6.54 Å². The van der Waals surface area contributed by atoms with Gasteiger partial charge in [0.2, 0.25) is 0 Å². The van der Waals surface area contributed by atoms with Crippen LogP contribution in [0.5, 0.6) is 0 Å². The Labute approximate surface area is 87.1 Å². The lowest BCUT2D eigenvalue weighted by molar-refractivity contribution is 1.26. The third-order valence-electron chi connectivity index (χ3n) is 1.55. The molecule has 0 aromatic heterocycles. The van der Waals surface area contributed by atoms with E-state index < -0.39 is 0 Å². The molecule has 4 heteroatoms. The fourth-order valence-electron chi connectivity index (χ4n) is 0.900. The molecule has 1 aromatic rings. The van der Waals surface area contributed by atoms with Crippen molar-refractivity contribution in [2.24, 2.45) is 5.73 Å². The van der Waals surface area contributed by atoms with E-state index in [-0.39, 0.29) is 0 Å². The molecule has 1 rings (SSSR count). The lowest BCUT2D eigenvalue weighted by Crippen LogP contribution is -1.92. The van der Waals surface area contributed by atoms with Crippen molar-refractivity contribution in [2.45, 2.75) is 0 Å². The van der Waals surface area contributed by atoms with E-state index in [1.165, 1.54) is 0 Å². The largest absolute Gasteiger partial charge is 0.397 e. The Hall–Kier alpha value is -0.700. The second-order valence-corrected chi connectivity index (χ2v) is 3.35. The molecule has 4 N–H and O–H groups in total. The molecule has 0 aliphatic carbocycles. The van der Waals surface area contributed by atoms with Crippen molar-refractivity contribution in [1.82, 2.24) is 0 Å². The van der Waals surface area contributed by atoms with E-state index in [0.29, 0.717) is 22.3 Å². The zero-order valence-corrected chi connectivity index (χ0v) is 8.44. The summed E-state index contributed by atoms with van der Waals surface area (Å²) in [6.07, 6.45) is 3.61. The summed E-state index contributed by atoms with van der Waals surface area (Å²) in [6, 6.07) is 3.34. The van der Waals surface area contributed by atoms with Crippen molar-refractivity contribution < 1.29 is 0 Å². The van der Waals surface area contributed by atoms with Crippen molar-refractivity contribution in [2.75, 3.05) is 12.3 Å². The standard InChI is InChI=1S/C9H10Cl2N2/c10-7-5-9(13)8(11)4-6(7)2-1-3-12/h1-2,4-5H,3,12-13H2. The fraction of sp³-hybridized carbons (Fsp3) is 0.111. The molecule has 0 unspecified atom stereocenters. The highest BCUT2D eigenvalue weighted by Gasteiger charge is 2.01. The maximum atomic E-state index is 5.91. The van der Waals surface area contributed by atoms with Crippen LogP contribution in [0.25, 0.3) is 6.08 Å². The van der Waals surface area contributed by atoms with E-state index in [4.69, 9.17) is 34.7 Å². The Bertz CT molecular complexity index is 335. The van der Waals surface area contributed by atoms with Gasteiger partial charge in [0, 0.05) is 11.6 Å². The second kappa shape index (κ2) is 4.51. The van der Waals surface area contributed by atoms with Crippen LogP contribution in [-0.2, 0) is 0 Å². The summed E-state index contributed by atoms with van der Waals surface area (Å²) in [7, 11) is 0. The zero-order chi connectivity index (χ0) is 9.84. The number of rotatable bonds is 2. The molecule has 0 spiro atoms. The molecular formula is C9H10Cl2N2. The molecule has 0 radical (unpaired) electrons. The molecule has 2 nitrogen and oxygen atoms in total. The predicted octanol–water partition coefficient (Wildman–Crippen LogP) is 2.55. The summed E-state index contributed by atoms with van der Waals surface area (Å²) >= 11 is 11.7. The average molecular weight is 217 g/mol. The highest BCUT2D eigenvalue weighted by molar-refractivity contribution is 6.36. The van der Waals surface area contributed by atoms with Crippen LogP contribution < -0.4 is 11.5 Å². The Morgan fingerprint density at radius 1 is 1.23 bits per heavy atom. The van der Waals surface area contributed by atoms with E-state index in [0.717, 1.165) is 5.56 Å². The first kappa shape index (κ1) is 10.4. The number of hydrogen-bond acceptors (Lipinski definition) is 2. The van der Waals surface area contributed by atoms with Gasteiger partial charge in [-0.1, -0.05) is 35.4 Å². The Morgan fingerprint density at radius 3 is 2.54 bits per heavy atom. The van der Waals surface area contributed by atoms with Gasteiger partial charge in [-0.25, -0.2) is 0 Å². The molecule has 0 saturated carbocycles. The third-order valence-corrected chi connectivity index (χ3v) is 2.20. The minimum absolute atomic E-state index is 0.471. The molecule has 0 fully saturated rings. The molecule has 0 amide bonds. The summed E-state index contributed by atoms with van der Waals surface area (Å²) in [5.41, 5.74) is 12.2. The highest BCUT2D eigenvalue weighted by atomic mass is 35.5. The molecule has 0 atom stereocenters. The van der Waals surface area contributed by atoms with Gasteiger partial charge in [0.15, 0.2) is 0 Å². The molecule has 70 valence electrons. The smallest absolute Gasteiger partial charge is 0.0642 e. The van der Waals surface area contributed by atoms with Crippen molar-refractivity contribution in [3.63, 3.8) is 0 Å². The number of nitrogens with two attached hydrogens (primary N) is 2. The van der Waals surface area contributed by atoms with Crippen molar-refractivity contribution in [3.05, 3.63) is 33.8 Å². The van der Waals surface area contributed by atoms with Gasteiger partial charge in [-0.05, 0) is 17.7 Å². The van der Waals surface area contributed by atoms with Crippen molar-refractivity contribution in [1.29, 1.82) is 0 Å². The summed E-state index contributed by atoms with van der Waals surface area (Å²) < 4.78 is 0. The van der Waals surface area contributed by atoms with Crippen molar-refractivity contribution in [3.8, 4) is 0 Å². The lowest BCUT2D eigenvalue weighted by atomic mass is 10.2. The lowest BCUT2D eigenvalue weighted by Gasteiger charge is -2.02. The van der Waals surface area contributed by atoms with Crippen LogP contribution in [0.3, 0.4) is 0 Å². The number of nitrogen functional groups attached to an aromatic ring is 1. The van der Waals surface area contributed by atoms with Crippen LogP contribution in [0.2, 0.25) is 10.0 Å². The molecule has 1 aromatic carbocycles. The van der Waals surface area contributed by atoms with Crippen molar-refractivity contribution >= 4 is 35.0 Å². The van der Waals surface area contributed by atoms with Gasteiger partial charge in [0.25, 0.3) is 0 Å². The molecule has 0 saturated heterocycles. The molecule has 0 aliphatic rings. The van der Waals surface area contributed by atoms with E-state index >= 15 is 0 Å². The second-order valence-electron chi connectivity index (χ2n) is 2.53. The molecule has 13 heavy (non-hydrogen) atoms. The first-order chi connectivity index (χ1) is 6.15. The first-order valence-electron chi connectivity index (χ1n) is 3.76. The van der Waals surface area contributed by atoms with Gasteiger partial charge in [-0.2, -0.15) is 0 Å². The van der Waals surface area contributed by atoms with Gasteiger partial charge in [-0.3, -0.25) is 0 Å². The van der Waals surface area contributed by atoms with Gasteiger partial charge in [0.1, 0.15) is 0 Å². The van der Waals surface area contributed by atoms with E-state index in [1.807, 2.05) is 6.08 Å². The zero-order valence-electron chi connectivity index (χ0n) is 6.93. The summed E-state index contributed by atoms with van der Waals surface area (Å²) in [5, 5.41) is 1.08. The molecule has 0 bridgehead atoms. The number of halogens is 2. The molecular weight excluding hydrogens is 207 g/mol. The van der Waals surface area contributed by atoms with Crippen LogP contribution in [0.4, 0.5) is 5.69 Å². The highest BCUT2D eigenvalue weighted by Crippen LogP contribution is 2.27. The minimum atomic E-state index is 0.471. The number of anilines is 1. The van der Waals surface area contributed by atoms with Gasteiger partial charge >= 0.3 is 0 Å².